The van der Waals surface area contributed by atoms with Crippen LogP contribution < -0.4 is 0 Å². The molecule has 0 nitrogen and oxygen atoms in total. The van der Waals surface area contributed by atoms with Crippen molar-refractivity contribution in [2.75, 3.05) is 0 Å². The summed E-state index contributed by atoms with van der Waals surface area (Å²) < 4.78 is 3.80. The Hall–Kier alpha value is -0.417. The molecule has 0 aromatic carbocycles. The van der Waals surface area contributed by atoms with E-state index in [1.165, 1.54) is 38.5 Å². The Morgan fingerprint density at radius 1 is 0.667 bits per heavy atom. The minimum atomic E-state index is -0.923. The summed E-state index contributed by atoms with van der Waals surface area (Å²) in [4.78, 5) is 0. The zero-order chi connectivity index (χ0) is 20.6. The van der Waals surface area contributed by atoms with E-state index in [4.69, 9.17) is 0 Å². The van der Waals surface area contributed by atoms with E-state index < -0.39 is 17.1 Å². The molecule has 0 heterocycles. The fraction of sp³-hybridized carbons (Fsp3) is 0.692. The molecule has 0 unspecified atom stereocenters. The standard InChI is InChI=1S/2C13H21.Zn/c2*1-6-9-13(4,5)12-8-7-10(2)11(12)3;/h2*6-7,9H2,1-5H3;. The van der Waals surface area contributed by atoms with Crippen molar-refractivity contribution >= 4 is 0 Å². The summed E-state index contributed by atoms with van der Waals surface area (Å²) >= 11 is -0.923. The number of hydrogen-bond acceptors (Lipinski definition) is 0. The van der Waals surface area contributed by atoms with Crippen LogP contribution in [-0.4, -0.2) is 0 Å². The van der Waals surface area contributed by atoms with Crippen LogP contribution in [0.15, 0.2) is 41.8 Å². The Balaban J connectivity index is 2.49. The predicted octanol–water partition coefficient (Wildman–Crippen LogP) is 8.71. The van der Waals surface area contributed by atoms with Crippen molar-refractivity contribution in [1.82, 2.24) is 0 Å². The van der Waals surface area contributed by atoms with Gasteiger partial charge in [-0.25, -0.2) is 0 Å². The Kier molecular flexibility index (Phi) is 7.22. The normalized spacial score (nSPS) is 19.0. The Labute approximate surface area is 177 Å². The van der Waals surface area contributed by atoms with Crippen molar-refractivity contribution in [3.63, 3.8) is 0 Å². The molecule has 2 aliphatic rings. The average Bonchev–Trinajstić information content (AvgIpc) is 2.96. The fourth-order valence-corrected chi connectivity index (χ4v) is 13.1. The van der Waals surface area contributed by atoms with E-state index in [0.29, 0.717) is 10.8 Å². The zero-order valence-corrected chi connectivity index (χ0v) is 22.9. The summed E-state index contributed by atoms with van der Waals surface area (Å²) in [5, 5.41) is 0. The van der Waals surface area contributed by atoms with Gasteiger partial charge in [-0.05, 0) is 0 Å². The van der Waals surface area contributed by atoms with Gasteiger partial charge < -0.3 is 0 Å². The topological polar surface area (TPSA) is 0 Å². The van der Waals surface area contributed by atoms with Gasteiger partial charge in [0.1, 0.15) is 0 Å². The first kappa shape index (κ1) is 22.9. The molecule has 0 fully saturated rings. The summed E-state index contributed by atoms with van der Waals surface area (Å²) in [5.74, 6) is 0. The third-order valence-electron chi connectivity index (χ3n) is 7.22. The van der Waals surface area contributed by atoms with Crippen molar-refractivity contribution in [3.05, 3.63) is 41.8 Å². The molecule has 27 heavy (non-hydrogen) atoms. The molecule has 0 amide bonds. The molecule has 148 valence electrons. The number of hydrogen-bond donors (Lipinski definition) is 0. The van der Waals surface area contributed by atoms with E-state index >= 15 is 0 Å². The second-order valence-electron chi connectivity index (χ2n) is 10.6. The third-order valence-corrected chi connectivity index (χ3v) is 11.5. The molecule has 0 radical (unpaired) electrons. The summed E-state index contributed by atoms with van der Waals surface area (Å²) in [6, 6.07) is 0. The summed E-state index contributed by atoms with van der Waals surface area (Å²) in [5.41, 5.74) is 10.8. The second-order valence-corrected chi connectivity index (χ2v) is 14.9. The molecule has 0 bridgehead atoms. The molecular formula is C26H42Zn. The predicted molar refractivity (Wildman–Crippen MR) is 117 cm³/mol. The third kappa shape index (κ3) is 4.61. The molecule has 2 aliphatic carbocycles. The Bertz CT molecular complexity index is 657. The fourth-order valence-electron chi connectivity index (χ4n) is 6.07. The van der Waals surface area contributed by atoms with E-state index in [9.17, 15) is 0 Å². The van der Waals surface area contributed by atoms with Gasteiger partial charge in [-0.15, -0.1) is 0 Å². The Morgan fingerprint density at radius 3 is 1.30 bits per heavy atom. The van der Waals surface area contributed by atoms with Crippen LogP contribution in [-0.2, 0) is 17.1 Å². The molecule has 0 N–H and O–H groups in total. The molecule has 2 rings (SSSR count). The van der Waals surface area contributed by atoms with Crippen LogP contribution in [0.4, 0.5) is 0 Å². The van der Waals surface area contributed by atoms with Gasteiger partial charge >= 0.3 is 177 Å². The maximum atomic E-state index is 2.50. The molecule has 0 aliphatic heterocycles. The molecule has 0 aromatic heterocycles. The van der Waals surface area contributed by atoms with Crippen LogP contribution >= 0.6 is 0 Å². The minimum absolute atomic E-state index is 0.340. The van der Waals surface area contributed by atoms with Crippen LogP contribution in [0.25, 0.3) is 0 Å². The molecule has 0 atom stereocenters. The van der Waals surface area contributed by atoms with Gasteiger partial charge in [-0.2, -0.15) is 0 Å². The molecular weight excluding hydrogens is 378 g/mol. The molecule has 0 aromatic rings. The van der Waals surface area contributed by atoms with E-state index in [1.807, 2.05) is 8.33 Å². The van der Waals surface area contributed by atoms with Gasteiger partial charge in [0.05, 0.1) is 0 Å². The van der Waals surface area contributed by atoms with Crippen molar-refractivity contribution in [2.45, 2.75) is 108 Å². The van der Waals surface area contributed by atoms with Crippen molar-refractivity contribution in [1.29, 1.82) is 0 Å². The first-order valence-corrected chi connectivity index (χ1v) is 14.2. The van der Waals surface area contributed by atoms with Gasteiger partial charge in [-0.3, -0.25) is 0 Å². The molecule has 0 spiro atoms. The summed E-state index contributed by atoms with van der Waals surface area (Å²) in [6.07, 6.45) is 7.72. The quantitative estimate of drug-likeness (QED) is 0.345. The van der Waals surface area contributed by atoms with Crippen LogP contribution in [0.1, 0.15) is 108 Å². The van der Waals surface area contributed by atoms with Crippen LogP contribution in [0.2, 0.25) is 0 Å². The van der Waals surface area contributed by atoms with E-state index in [1.54, 1.807) is 33.4 Å². The Morgan fingerprint density at radius 2 is 1.00 bits per heavy atom. The number of allylic oxidation sites excluding steroid dienone is 8. The molecule has 0 saturated carbocycles. The van der Waals surface area contributed by atoms with Gasteiger partial charge in [0, 0.05) is 0 Å². The van der Waals surface area contributed by atoms with Crippen LogP contribution in [0.3, 0.4) is 0 Å². The van der Waals surface area contributed by atoms with Crippen LogP contribution in [0, 0.1) is 10.8 Å². The van der Waals surface area contributed by atoms with Crippen LogP contribution in [0.5, 0.6) is 0 Å². The first-order chi connectivity index (χ1) is 12.5. The number of rotatable bonds is 8. The van der Waals surface area contributed by atoms with Crippen molar-refractivity contribution < 1.29 is 17.1 Å². The molecule has 0 saturated heterocycles. The summed E-state index contributed by atoms with van der Waals surface area (Å²) in [7, 11) is 0. The van der Waals surface area contributed by atoms with E-state index in [0.717, 1.165) is 0 Å². The SMILES string of the molecule is CCCC(C)(C)C1=[C]([Zn][C]2=C(C(C)(C)CCC)C(C)=C(C)C2)CC(C)=C1C. The maximum absolute atomic E-state index is 2.50. The van der Waals surface area contributed by atoms with Gasteiger partial charge in [0.25, 0.3) is 0 Å². The average molecular weight is 420 g/mol. The first-order valence-electron chi connectivity index (χ1n) is 11.2. The van der Waals surface area contributed by atoms with Crippen molar-refractivity contribution in [3.8, 4) is 0 Å². The van der Waals surface area contributed by atoms with E-state index in [-0.39, 0.29) is 0 Å². The monoisotopic (exact) mass is 418 g/mol. The zero-order valence-electron chi connectivity index (χ0n) is 19.9. The summed E-state index contributed by atoms with van der Waals surface area (Å²) in [6.45, 7) is 24.2. The molecule has 1 heteroatoms. The second kappa shape index (κ2) is 8.53. The van der Waals surface area contributed by atoms with Crippen molar-refractivity contribution in [2.24, 2.45) is 10.8 Å². The van der Waals surface area contributed by atoms with Gasteiger partial charge in [0.15, 0.2) is 0 Å². The van der Waals surface area contributed by atoms with Gasteiger partial charge in [-0.1, -0.05) is 0 Å². The van der Waals surface area contributed by atoms with E-state index in [2.05, 4.69) is 69.2 Å². The van der Waals surface area contributed by atoms with Gasteiger partial charge in [0.2, 0.25) is 0 Å².